The number of benzene rings is 2. The van der Waals surface area contributed by atoms with Crippen LogP contribution in [0.2, 0.25) is 0 Å². The molecule has 1 amide bonds. The maximum atomic E-state index is 13.3. The van der Waals surface area contributed by atoms with Crippen LogP contribution in [0.25, 0.3) is 0 Å². The van der Waals surface area contributed by atoms with Crippen molar-refractivity contribution >= 4 is 27.1 Å². The van der Waals surface area contributed by atoms with Gasteiger partial charge in [0.1, 0.15) is 0 Å². The molecule has 0 aliphatic rings. The summed E-state index contributed by atoms with van der Waals surface area (Å²) in [6.45, 7) is 1.45. The number of carbonyl (C=O) groups excluding carboxylic acids is 1. The minimum Gasteiger partial charge on any atom is -0.322 e. The molecule has 0 bridgehead atoms. The van der Waals surface area contributed by atoms with Gasteiger partial charge in [0.15, 0.2) is 9.84 Å². The van der Waals surface area contributed by atoms with Crippen LogP contribution >= 0.6 is 0 Å². The number of nitrogens with one attached hydrogen (secondary N) is 1. The molecule has 0 heterocycles. The van der Waals surface area contributed by atoms with Crippen molar-refractivity contribution < 1.29 is 22.5 Å². The zero-order valence-corrected chi connectivity index (χ0v) is 13.3. The Labute approximate surface area is 137 Å². The highest BCUT2D eigenvalue weighted by atomic mass is 32.2. The molecule has 9 heteroatoms. The van der Waals surface area contributed by atoms with Gasteiger partial charge < -0.3 is 5.32 Å². The topological polar surface area (TPSA) is 106 Å². The van der Waals surface area contributed by atoms with E-state index in [0.29, 0.717) is 0 Å². The molecule has 2 rings (SSSR count). The molecule has 1 N–H and O–H groups in total. The van der Waals surface area contributed by atoms with Gasteiger partial charge in [0.25, 0.3) is 5.91 Å². The Morgan fingerprint density at radius 2 is 1.92 bits per heavy atom. The number of hydrogen-bond donors (Lipinski definition) is 1. The summed E-state index contributed by atoms with van der Waals surface area (Å²) in [5.41, 5.74) is -0.898. The van der Waals surface area contributed by atoms with E-state index in [1.54, 1.807) is 0 Å². The smallest absolute Gasteiger partial charge is 0.306 e. The van der Waals surface area contributed by atoms with Gasteiger partial charge in [0.05, 0.1) is 21.1 Å². The minimum absolute atomic E-state index is 0.0169. The highest BCUT2D eigenvalue weighted by Crippen LogP contribution is 2.23. The summed E-state index contributed by atoms with van der Waals surface area (Å²) in [6, 6.07) is 8.49. The average Bonchev–Trinajstić information content (AvgIpc) is 2.56. The summed E-state index contributed by atoms with van der Waals surface area (Å²) in [5, 5.41) is 13.1. The molecule has 2 aromatic rings. The fraction of sp³-hybridized carbons (Fsp3) is 0.133. The molecule has 0 unspecified atom stereocenters. The standard InChI is InChI=1S/C15H13FN2O5S/c1-2-24(22,23)14-6-4-3-5-11(14)15(19)17-10-7-8-12(16)13(9-10)18(20)21/h3-9H,2H2,1H3,(H,17,19). The van der Waals surface area contributed by atoms with Crippen LogP contribution in [0.4, 0.5) is 15.8 Å². The van der Waals surface area contributed by atoms with Crippen molar-refractivity contribution in [2.24, 2.45) is 0 Å². The second kappa shape index (κ2) is 6.75. The van der Waals surface area contributed by atoms with Crippen LogP contribution in [0.3, 0.4) is 0 Å². The molecule has 0 aromatic heterocycles. The molecule has 0 spiro atoms. The van der Waals surface area contributed by atoms with Crippen molar-refractivity contribution in [1.29, 1.82) is 0 Å². The third-order valence-corrected chi connectivity index (χ3v) is 5.03. The summed E-state index contributed by atoms with van der Waals surface area (Å²) < 4.78 is 37.4. The molecule has 126 valence electrons. The van der Waals surface area contributed by atoms with Crippen LogP contribution in [0.1, 0.15) is 17.3 Å². The van der Waals surface area contributed by atoms with Gasteiger partial charge in [-0.3, -0.25) is 14.9 Å². The first-order chi connectivity index (χ1) is 11.3. The van der Waals surface area contributed by atoms with E-state index in [0.717, 1.165) is 18.2 Å². The number of hydrogen-bond acceptors (Lipinski definition) is 5. The van der Waals surface area contributed by atoms with Crippen molar-refractivity contribution in [1.82, 2.24) is 0 Å². The monoisotopic (exact) mass is 352 g/mol. The van der Waals surface area contributed by atoms with E-state index in [1.165, 1.54) is 31.2 Å². The number of nitrogens with zero attached hydrogens (tertiary/aromatic N) is 1. The van der Waals surface area contributed by atoms with Crippen molar-refractivity contribution in [3.8, 4) is 0 Å². The van der Waals surface area contributed by atoms with Gasteiger partial charge in [-0.05, 0) is 24.3 Å². The molecule has 0 fully saturated rings. The van der Waals surface area contributed by atoms with Crippen molar-refractivity contribution in [2.75, 3.05) is 11.1 Å². The molecule has 0 aliphatic carbocycles. The van der Waals surface area contributed by atoms with Gasteiger partial charge in [-0.1, -0.05) is 19.1 Å². The van der Waals surface area contributed by atoms with E-state index < -0.39 is 32.2 Å². The summed E-state index contributed by atoms with van der Waals surface area (Å²) in [5.74, 6) is -1.98. The third kappa shape index (κ3) is 3.57. The van der Waals surface area contributed by atoms with Crippen molar-refractivity contribution in [3.05, 3.63) is 64.0 Å². The molecule has 0 aliphatic heterocycles. The number of nitro groups is 1. The molecule has 7 nitrogen and oxygen atoms in total. The Morgan fingerprint density at radius 1 is 1.25 bits per heavy atom. The van der Waals surface area contributed by atoms with Crippen LogP contribution in [0.15, 0.2) is 47.4 Å². The fourth-order valence-electron chi connectivity index (χ4n) is 2.01. The molecule has 24 heavy (non-hydrogen) atoms. The van der Waals surface area contributed by atoms with Gasteiger partial charge >= 0.3 is 5.69 Å². The zero-order chi connectivity index (χ0) is 17.9. The predicted octanol–water partition coefficient (Wildman–Crippen LogP) is 2.78. The molecule has 2 aromatic carbocycles. The summed E-state index contributed by atoms with van der Waals surface area (Å²) in [4.78, 5) is 22.0. The van der Waals surface area contributed by atoms with Crippen molar-refractivity contribution in [3.63, 3.8) is 0 Å². The lowest BCUT2D eigenvalue weighted by atomic mass is 10.2. The van der Waals surface area contributed by atoms with E-state index in [2.05, 4.69) is 5.32 Å². The van der Waals surface area contributed by atoms with Gasteiger partial charge in [0, 0.05) is 11.8 Å². The Morgan fingerprint density at radius 3 is 2.54 bits per heavy atom. The maximum Gasteiger partial charge on any atom is 0.306 e. The number of amides is 1. The third-order valence-electron chi connectivity index (χ3n) is 3.25. The van der Waals surface area contributed by atoms with Gasteiger partial charge in [0.2, 0.25) is 5.82 Å². The van der Waals surface area contributed by atoms with E-state index in [4.69, 9.17) is 0 Å². The van der Waals surface area contributed by atoms with Crippen LogP contribution < -0.4 is 5.32 Å². The number of sulfone groups is 1. The van der Waals surface area contributed by atoms with Gasteiger partial charge in [-0.15, -0.1) is 0 Å². The number of anilines is 1. The van der Waals surface area contributed by atoms with E-state index in [-0.39, 0.29) is 21.9 Å². The molecule has 0 saturated heterocycles. The Hall–Kier alpha value is -2.81. The number of halogens is 1. The van der Waals surface area contributed by atoms with Crippen LogP contribution in [0.5, 0.6) is 0 Å². The Kier molecular flexibility index (Phi) is 4.93. The van der Waals surface area contributed by atoms with E-state index >= 15 is 0 Å². The summed E-state index contributed by atoms with van der Waals surface area (Å²) >= 11 is 0. The number of rotatable bonds is 5. The van der Waals surface area contributed by atoms with E-state index in [9.17, 15) is 27.7 Å². The summed E-state index contributed by atoms with van der Waals surface area (Å²) in [7, 11) is -3.62. The van der Waals surface area contributed by atoms with Crippen LogP contribution in [-0.2, 0) is 9.84 Å². The Bertz CT molecular complexity index is 912. The molecule has 0 radical (unpaired) electrons. The first-order valence-electron chi connectivity index (χ1n) is 6.83. The second-order valence-electron chi connectivity index (χ2n) is 4.78. The SMILES string of the molecule is CCS(=O)(=O)c1ccccc1C(=O)Nc1ccc(F)c([N+](=O)[O-])c1. The molecular formula is C15H13FN2O5S. The number of nitro benzene ring substituents is 1. The lowest BCUT2D eigenvalue weighted by Gasteiger charge is -2.10. The second-order valence-corrected chi connectivity index (χ2v) is 7.02. The van der Waals surface area contributed by atoms with Crippen molar-refractivity contribution in [2.45, 2.75) is 11.8 Å². The quantitative estimate of drug-likeness (QED) is 0.658. The van der Waals surface area contributed by atoms with Crippen LogP contribution in [0, 0.1) is 15.9 Å². The van der Waals surface area contributed by atoms with Gasteiger partial charge in [-0.25, -0.2) is 8.42 Å². The fourth-order valence-corrected chi connectivity index (χ4v) is 3.10. The zero-order valence-electron chi connectivity index (χ0n) is 12.5. The lowest BCUT2D eigenvalue weighted by molar-refractivity contribution is -0.387. The number of carbonyl (C=O) groups is 1. The van der Waals surface area contributed by atoms with Crippen LogP contribution in [-0.4, -0.2) is 25.0 Å². The molecular weight excluding hydrogens is 339 g/mol. The lowest BCUT2D eigenvalue weighted by Crippen LogP contribution is -2.17. The molecule has 0 atom stereocenters. The average molecular weight is 352 g/mol. The highest BCUT2D eigenvalue weighted by molar-refractivity contribution is 7.91. The van der Waals surface area contributed by atoms with Gasteiger partial charge in [-0.2, -0.15) is 4.39 Å². The largest absolute Gasteiger partial charge is 0.322 e. The normalized spacial score (nSPS) is 11.1. The minimum atomic E-state index is -3.62. The summed E-state index contributed by atoms with van der Waals surface area (Å²) in [6.07, 6.45) is 0. The highest BCUT2D eigenvalue weighted by Gasteiger charge is 2.21. The maximum absolute atomic E-state index is 13.3. The first-order valence-corrected chi connectivity index (χ1v) is 8.48. The Balaban J connectivity index is 2.39. The molecule has 0 saturated carbocycles. The van der Waals surface area contributed by atoms with E-state index in [1.807, 2.05) is 0 Å². The first kappa shape index (κ1) is 17.5. The predicted molar refractivity (Wildman–Crippen MR) is 85.2 cm³/mol.